The van der Waals surface area contributed by atoms with Crippen LogP contribution < -0.4 is 21.3 Å². The van der Waals surface area contributed by atoms with Crippen LogP contribution >= 0.6 is 0 Å². The van der Waals surface area contributed by atoms with Crippen LogP contribution in [-0.4, -0.2) is 85.5 Å². The molecule has 0 spiro atoms. The van der Waals surface area contributed by atoms with Crippen LogP contribution in [0.2, 0.25) is 18.1 Å². The Morgan fingerprint density at radius 1 is 1.05 bits per heavy atom. The number of carbonyl (C=O) groups is 6. The smallest absolute Gasteiger partial charge is 0.416 e. The maximum absolute atomic E-state index is 14.4. The number of rotatable bonds is 18. The standard InChI is InChI=1S/C45H63N5O10Si/c1-11-19-58-39(53)23-32(27(2)3)40(54)48-34(13-12-18-47-43(46)56)38(52)22-30-14-16-31(17-15-30)26-59-44(57)50-35-24-37(51)29(5)21-33(35)41(55)49-25-28(4)20-36(49)42(50)60-61(9,10)45(6,7)8/h11,14-17,21,24-25,27,32,34,36,42,51H,1,12-13,18-20,22-23,26H2,2-10H3,(H,48,54)(H3,46,47,56)/t32-,34-,36-,42-/m0/s1. The Morgan fingerprint density at radius 2 is 1.70 bits per heavy atom. The normalized spacial score (nSPS) is 17.3. The highest BCUT2D eigenvalue weighted by molar-refractivity contribution is 6.74. The van der Waals surface area contributed by atoms with Crippen molar-refractivity contribution in [3.8, 4) is 5.75 Å². The number of aromatic hydroxyl groups is 1. The lowest BCUT2D eigenvalue weighted by molar-refractivity contribution is -0.146. The minimum atomic E-state index is -2.58. The number of carbonyl (C=O) groups excluding carboxylic acids is 6. The molecule has 16 heteroatoms. The number of phenols is 1. The number of primary amides is 1. The van der Waals surface area contributed by atoms with Crippen molar-refractivity contribution >= 4 is 49.7 Å². The molecule has 2 aliphatic rings. The highest BCUT2D eigenvalue weighted by Crippen LogP contribution is 2.44. The van der Waals surface area contributed by atoms with Gasteiger partial charge in [0.2, 0.25) is 5.91 Å². The third-order valence-corrected chi connectivity index (χ3v) is 16.1. The number of amides is 5. The van der Waals surface area contributed by atoms with E-state index in [1.54, 1.807) is 62.2 Å². The quantitative estimate of drug-likeness (QED) is 0.0536. The van der Waals surface area contributed by atoms with Gasteiger partial charge in [-0.3, -0.25) is 19.2 Å². The summed E-state index contributed by atoms with van der Waals surface area (Å²) in [7, 11) is -2.58. The van der Waals surface area contributed by atoms with Gasteiger partial charge in [0, 0.05) is 25.2 Å². The number of benzene rings is 2. The van der Waals surface area contributed by atoms with Crippen molar-refractivity contribution in [2.75, 3.05) is 18.1 Å². The Kier molecular flexibility index (Phi) is 16.1. The fourth-order valence-corrected chi connectivity index (χ4v) is 8.22. The molecule has 2 heterocycles. The van der Waals surface area contributed by atoms with Crippen LogP contribution in [0.25, 0.3) is 0 Å². The molecule has 4 rings (SSSR count). The molecular formula is C45H63N5O10Si. The van der Waals surface area contributed by atoms with Crippen molar-refractivity contribution in [3.63, 3.8) is 0 Å². The summed E-state index contributed by atoms with van der Waals surface area (Å²) >= 11 is 0. The molecule has 0 unspecified atom stereocenters. The summed E-state index contributed by atoms with van der Waals surface area (Å²) in [5, 5.41) is 16.0. The number of phenolic OH excluding ortho intramolecular Hbond substituents is 1. The molecule has 0 saturated heterocycles. The molecule has 0 bridgehead atoms. The third kappa shape index (κ3) is 12.3. The number of fused-ring (bicyclic) bond motifs is 2. The summed E-state index contributed by atoms with van der Waals surface area (Å²) in [6.07, 6.45) is 2.38. The average Bonchev–Trinajstić information content (AvgIpc) is 3.54. The van der Waals surface area contributed by atoms with Gasteiger partial charge in [0.05, 0.1) is 35.7 Å². The van der Waals surface area contributed by atoms with Crippen LogP contribution in [-0.2, 0) is 41.3 Å². The highest BCUT2D eigenvalue weighted by atomic mass is 28.4. The predicted molar refractivity (Wildman–Crippen MR) is 234 cm³/mol. The molecule has 0 fully saturated rings. The zero-order valence-corrected chi connectivity index (χ0v) is 38.0. The summed E-state index contributed by atoms with van der Waals surface area (Å²) in [5.74, 6) is -2.67. The summed E-state index contributed by atoms with van der Waals surface area (Å²) in [4.78, 5) is 82.3. The first-order valence-corrected chi connectivity index (χ1v) is 23.6. The fraction of sp³-hybridized carbons (Fsp3) is 0.511. The molecule has 2 aromatic rings. The Balaban J connectivity index is 1.54. The number of Topliss-reactive ketones (excluding diaryl/α,β-unsaturated/α-hetero) is 1. The van der Waals surface area contributed by atoms with E-state index < -0.39 is 56.5 Å². The topological polar surface area (TPSA) is 207 Å². The van der Waals surface area contributed by atoms with Crippen LogP contribution in [0.4, 0.5) is 15.3 Å². The van der Waals surface area contributed by atoms with Gasteiger partial charge in [-0.15, -0.1) is 0 Å². The molecular weight excluding hydrogens is 799 g/mol. The largest absolute Gasteiger partial charge is 0.508 e. The van der Waals surface area contributed by atoms with Gasteiger partial charge in [0.15, 0.2) is 20.3 Å². The minimum Gasteiger partial charge on any atom is -0.508 e. The lowest BCUT2D eigenvalue weighted by Crippen LogP contribution is -2.57. The van der Waals surface area contributed by atoms with Gasteiger partial charge in [0.25, 0.3) is 5.91 Å². The first-order valence-electron chi connectivity index (χ1n) is 20.7. The van der Waals surface area contributed by atoms with Gasteiger partial charge in [-0.1, -0.05) is 77.1 Å². The molecule has 5 amide bonds. The molecule has 2 aliphatic heterocycles. The Hall–Kier alpha value is -5.48. The average molecular weight is 862 g/mol. The number of ketones is 1. The summed E-state index contributed by atoms with van der Waals surface area (Å²) in [6, 6.07) is 7.76. The van der Waals surface area contributed by atoms with Crippen molar-refractivity contribution in [2.24, 2.45) is 17.6 Å². The molecule has 0 aromatic heterocycles. The van der Waals surface area contributed by atoms with Gasteiger partial charge in [0.1, 0.15) is 19.0 Å². The first-order chi connectivity index (χ1) is 28.5. The second kappa shape index (κ2) is 20.4. The van der Waals surface area contributed by atoms with E-state index in [0.29, 0.717) is 29.5 Å². The van der Waals surface area contributed by atoms with E-state index in [9.17, 15) is 33.9 Å². The van der Waals surface area contributed by atoms with Crippen LogP contribution in [0.5, 0.6) is 5.75 Å². The van der Waals surface area contributed by atoms with E-state index in [0.717, 1.165) is 5.57 Å². The Morgan fingerprint density at radius 3 is 2.31 bits per heavy atom. The molecule has 0 radical (unpaired) electrons. The van der Waals surface area contributed by atoms with E-state index >= 15 is 0 Å². The number of nitrogens with two attached hydrogens (primary N) is 1. The number of aryl methyl sites for hydroxylation is 1. The molecule has 2 aromatic carbocycles. The predicted octanol–water partition coefficient (Wildman–Crippen LogP) is 6.76. The minimum absolute atomic E-state index is 0.0184. The van der Waals surface area contributed by atoms with Crippen LogP contribution in [0.1, 0.15) is 94.3 Å². The van der Waals surface area contributed by atoms with Crippen LogP contribution in [0, 0.1) is 18.8 Å². The number of hydrogen-bond donors (Lipinski definition) is 4. The molecule has 15 nitrogen and oxygen atoms in total. The summed E-state index contributed by atoms with van der Waals surface area (Å²) in [5.41, 5.74) is 8.34. The molecule has 4 atom stereocenters. The van der Waals surface area contributed by atoms with Crippen LogP contribution in [0.15, 0.2) is 60.8 Å². The van der Waals surface area contributed by atoms with E-state index in [1.165, 1.54) is 17.0 Å². The first kappa shape index (κ1) is 48.2. The number of nitrogens with zero attached hydrogens (tertiary/aromatic N) is 2. The SMILES string of the molecule is C=CCOC(=O)C[C@H](C(=O)N[C@@H](CCCNC(N)=O)C(=O)Cc1ccc(COC(=O)N2c3cc(O)c(C)cc3C(=O)N3C=C(C)C[C@H]3[C@@H]2O[Si](C)(C)C(C)(C)C)cc1)C(C)C. The molecule has 5 N–H and O–H groups in total. The molecule has 61 heavy (non-hydrogen) atoms. The molecule has 0 saturated carbocycles. The van der Waals surface area contributed by atoms with Crippen molar-refractivity contribution in [1.29, 1.82) is 0 Å². The third-order valence-electron chi connectivity index (χ3n) is 11.6. The second-order valence-electron chi connectivity index (χ2n) is 17.8. The lowest BCUT2D eigenvalue weighted by atomic mass is 9.90. The van der Waals surface area contributed by atoms with E-state index in [-0.39, 0.29) is 78.7 Å². The summed E-state index contributed by atoms with van der Waals surface area (Å²) in [6.45, 7) is 21.3. The van der Waals surface area contributed by atoms with Crippen molar-refractivity contribution in [2.45, 2.75) is 124 Å². The number of ether oxygens (including phenoxy) is 2. The fourth-order valence-electron chi connectivity index (χ4n) is 7.00. The monoisotopic (exact) mass is 861 g/mol. The van der Waals surface area contributed by atoms with Crippen molar-refractivity contribution in [3.05, 3.63) is 83.1 Å². The number of esters is 1. The van der Waals surface area contributed by atoms with E-state index in [2.05, 4.69) is 51.1 Å². The van der Waals surface area contributed by atoms with Gasteiger partial charge in [-0.05, 0) is 79.9 Å². The maximum atomic E-state index is 14.4. The lowest BCUT2D eigenvalue weighted by Gasteiger charge is -2.44. The number of urea groups is 1. The van der Waals surface area contributed by atoms with Crippen molar-refractivity contribution in [1.82, 2.24) is 15.5 Å². The number of nitrogens with one attached hydrogen (secondary N) is 2. The van der Waals surface area contributed by atoms with E-state index in [1.807, 2.05) is 6.92 Å². The van der Waals surface area contributed by atoms with Crippen molar-refractivity contribution < 1.29 is 47.8 Å². The van der Waals surface area contributed by atoms with Gasteiger partial charge in [-0.25, -0.2) is 14.5 Å². The Labute approximate surface area is 360 Å². The second-order valence-corrected chi connectivity index (χ2v) is 22.5. The number of anilines is 1. The highest BCUT2D eigenvalue weighted by Gasteiger charge is 2.50. The van der Waals surface area contributed by atoms with Gasteiger partial charge < -0.3 is 40.3 Å². The Bertz CT molecular complexity index is 2010. The van der Waals surface area contributed by atoms with Gasteiger partial charge >= 0.3 is 18.1 Å². The molecule has 332 valence electrons. The van der Waals surface area contributed by atoms with Crippen LogP contribution in [0.3, 0.4) is 0 Å². The summed E-state index contributed by atoms with van der Waals surface area (Å²) < 4.78 is 18.0. The maximum Gasteiger partial charge on any atom is 0.416 e. The van der Waals surface area contributed by atoms with E-state index in [4.69, 9.17) is 19.6 Å². The zero-order valence-electron chi connectivity index (χ0n) is 37.0. The molecule has 0 aliphatic carbocycles. The number of hydrogen-bond acceptors (Lipinski definition) is 10. The zero-order chi connectivity index (χ0) is 45.4. The van der Waals surface area contributed by atoms with Gasteiger partial charge in [-0.2, -0.15) is 0 Å².